The summed E-state index contributed by atoms with van der Waals surface area (Å²) in [6, 6.07) is 1.90. The van der Waals surface area contributed by atoms with Crippen LogP contribution in [0.1, 0.15) is 32.2 Å². The molecule has 0 aliphatic carbocycles. The Morgan fingerprint density at radius 2 is 2.12 bits per heavy atom. The van der Waals surface area contributed by atoms with Crippen LogP contribution in [0.5, 0.6) is 0 Å². The first-order chi connectivity index (χ1) is 7.78. The lowest BCUT2D eigenvalue weighted by molar-refractivity contribution is 0.232. The molecule has 0 bridgehead atoms. The van der Waals surface area contributed by atoms with Crippen LogP contribution in [0.3, 0.4) is 0 Å². The minimum atomic E-state index is -0.203. The van der Waals surface area contributed by atoms with Crippen LogP contribution in [0.25, 0.3) is 0 Å². The molecule has 0 atom stereocenters. The van der Waals surface area contributed by atoms with Crippen molar-refractivity contribution in [1.29, 1.82) is 0 Å². The number of rotatable bonds is 3. The molecule has 5 nitrogen and oxygen atoms in total. The van der Waals surface area contributed by atoms with Gasteiger partial charge < -0.3 is 10.6 Å². The Kier molecular flexibility index (Phi) is 4.15. The number of amides is 2. The molecule has 1 rings (SSSR count). The molecular formula is C12H22N4O. The Balaban J connectivity index is 2.31. The van der Waals surface area contributed by atoms with Crippen molar-refractivity contribution in [3.05, 3.63) is 17.5 Å². The summed E-state index contributed by atoms with van der Waals surface area (Å²) in [5.74, 6) is 0. The van der Waals surface area contributed by atoms with Gasteiger partial charge >= 0.3 is 6.03 Å². The standard InChI is InChI=1S/C12H22N4O/c1-9-8-10(15-16(9)5)6-7-13-11(17)14-12(2,3)4/h8H,6-7H2,1-5H3,(H2,13,14,17). The first-order valence-electron chi connectivity index (χ1n) is 5.83. The van der Waals surface area contributed by atoms with Gasteiger partial charge in [-0.15, -0.1) is 0 Å². The molecule has 0 spiro atoms. The first kappa shape index (κ1) is 13.5. The number of hydrogen-bond acceptors (Lipinski definition) is 2. The van der Waals surface area contributed by atoms with Gasteiger partial charge in [0.05, 0.1) is 5.69 Å². The zero-order valence-corrected chi connectivity index (χ0v) is 11.3. The maximum Gasteiger partial charge on any atom is 0.315 e. The van der Waals surface area contributed by atoms with E-state index in [1.165, 1.54) is 0 Å². The highest BCUT2D eigenvalue weighted by Gasteiger charge is 2.12. The zero-order chi connectivity index (χ0) is 13.1. The SMILES string of the molecule is Cc1cc(CCNC(=O)NC(C)(C)C)nn1C. The Morgan fingerprint density at radius 1 is 1.47 bits per heavy atom. The van der Waals surface area contributed by atoms with Gasteiger partial charge in [-0.05, 0) is 33.8 Å². The fourth-order valence-electron chi connectivity index (χ4n) is 1.45. The number of carbonyl (C=O) groups excluding carboxylic acids is 1. The van der Waals surface area contributed by atoms with Gasteiger partial charge in [-0.25, -0.2) is 4.79 Å². The van der Waals surface area contributed by atoms with Crippen LogP contribution < -0.4 is 10.6 Å². The van der Waals surface area contributed by atoms with Crippen molar-refractivity contribution in [3.63, 3.8) is 0 Å². The summed E-state index contributed by atoms with van der Waals surface area (Å²) in [7, 11) is 1.92. The van der Waals surface area contributed by atoms with Crippen molar-refractivity contribution in [1.82, 2.24) is 20.4 Å². The van der Waals surface area contributed by atoms with Crippen LogP contribution in [0, 0.1) is 6.92 Å². The summed E-state index contributed by atoms with van der Waals surface area (Å²) in [6.07, 6.45) is 0.749. The summed E-state index contributed by atoms with van der Waals surface area (Å²) in [5.41, 5.74) is 1.92. The molecule has 0 fully saturated rings. The number of nitrogens with one attached hydrogen (secondary N) is 2. The van der Waals surface area contributed by atoms with Crippen LogP contribution in [0.2, 0.25) is 0 Å². The predicted octanol–water partition coefficient (Wildman–Crippen LogP) is 1.37. The van der Waals surface area contributed by atoms with Crippen LogP contribution in [-0.2, 0) is 13.5 Å². The highest BCUT2D eigenvalue weighted by atomic mass is 16.2. The molecule has 17 heavy (non-hydrogen) atoms. The van der Waals surface area contributed by atoms with Crippen molar-refractivity contribution in [3.8, 4) is 0 Å². The van der Waals surface area contributed by atoms with E-state index >= 15 is 0 Å². The molecule has 1 aromatic rings. The molecule has 0 unspecified atom stereocenters. The maximum atomic E-state index is 11.5. The van der Waals surface area contributed by atoms with Crippen LogP contribution in [0.4, 0.5) is 4.79 Å². The van der Waals surface area contributed by atoms with Crippen LogP contribution >= 0.6 is 0 Å². The second kappa shape index (κ2) is 5.21. The first-order valence-corrected chi connectivity index (χ1v) is 5.83. The summed E-state index contributed by atoms with van der Waals surface area (Å²) < 4.78 is 1.84. The topological polar surface area (TPSA) is 59.0 Å². The van der Waals surface area contributed by atoms with E-state index in [-0.39, 0.29) is 11.6 Å². The molecule has 0 saturated heterocycles. The molecule has 5 heteroatoms. The normalized spacial score (nSPS) is 11.4. The molecule has 1 heterocycles. The largest absolute Gasteiger partial charge is 0.338 e. The number of urea groups is 1. The third kappa shape index (κ3) is 4.89. The van der Waals surface area contributed by atoms with Gasteiger partial charge in [-0.2, -0.15) is 5.10 Å². The van der Waals surface area contributed by atoms with Gasteiger partial charge in [0, 0.05) is 31.2 Å². The molecule has 0 aromatic carbocycles. The summed E-state index contributed by atoms with van der Waals surface area (Å²) >= 11 is 0. The van der Waals surface area contributed by atoms with Gasteiger partial charge in [0.1, 0.15) is 0 Å². The van der Waals surface area contributed by atoms with Crippen molar-refractivity contribution in [2.75, 3.05) is 6.54 Å². The quantitative estimate of drug-likeness (QED) is 0.835. The van der Waals surface area contributed by atoms with Crippen molar-refractivity contribution >= 4 is 6.03 Å². The van der Waals surface area contributed by atoms with E-state index in [1.807, 2.05) is 45.5 Å². The Morgan fingerprint density at radius 3 is 2.59 bits per heavy atom. The fraction of sp³-hybridized carbons (Fsp3) is 0.667. The monoisotopic (exact) mass is 238 g/mol. The van der Waals surface area contributed by atoms with Crippen molar-refractivity contribution in [2.45, 2.75) is 39.7 Å². The highest BCUT2D eigenvalue weighted by molar-refractivity contribution is 5.74. The lowest BCUT2D eigenvalue weighted by Crippen LogP contribution is -2.46. The smallest absolute Gasteiger partial charge is 0.315 e. The summed E-state index contributed by atoms with van der Waals surface area (Å²) in [6.45, 7) is 8.46. The predicted molar refractivity (Wildman–Crippen MR) is 67.9 cm³/mol. The van der Waals surface area contributed by atoms with E-state index < -0.39 is 0 Å². The Hall–Kier alpha value is -1.52. The second-order valence-corrected chi connectivity index (χ2v) is 5.28. The average molecular weight is 238 g/mol. The maximum absolute atomic E-state index is 11.5. The molecule has 96 valence electrons. The van der Waals surface area contributed by atoms with Gasteiger partial charge in [0.2, 0.25) is 0 Å². The zero-order valence-electron chi connectivity index (χ0n) is 11.3. The molecule has 0 saturated carbocycles. The number of aromatic nitrogens is 2. The molecule has 1 aromatic heterocycles. The molecule has 0 aliphatic rings. The third-order valence-corrected chi connectivity index (χ3v) is 2.32. The lowest BCUT2D eigenvalue weighted by atomic mass is 10.1. The third-order valence-electron chi connectivity index (χ3n) is 2.32. The number of aryl methyl sites for hydroxylation is 2. The van der Waals surface area contributed by atoms with E-state index in [2.05, 4.69) is 15.7 Å². The molecule has 2 amide bonds. The fourth-order valence-corrected chi connectivity index (χ4v) is 1.45. The average Bonchev–Trinajstić information content (AvgIpc) is 2.43. The number of hydrogen-bond donors (Lipinski definition) is 2. The van der Waals surface area contributed by atoms with E-state index in [4.69, 9.17) is 0 Å². The molecular weight excluding hydrogens is 216 g/mol. The van der Waals surface area contributed by atoms with Gasteiger partial charge in [0.25, 0.3) is 0 Å². The number of carbonyl (C=O) groups is 1. The molecule has 0 radical (unpaired) electrons. The Labute approximate surface area is 103 Å². The summed E-state index contributed by atoms with van der Waals surface area (Å²) in [5, 5.41) is 9.99. The lowest BCUT2D eigenvalue weighted by Gasteiger charge is -2.20. The summed E-state index contributed by atoms with van der Waals surface area (Å²) in [4.78, 5) is 11.5. The van der Waals surface area contributed by atoms with Gasteiger partial charge in [-0.1, -0.05) is 0 Å². The van der Waals surface area contributed by atoms with Gasteiger partial charge in [0.15, 0.2) is 0 Å². The van der Waals surface area contributed by atoms with E-state index in [9.17, 15) is 4.79 Å². The second-order valence-electron chi connectivity index (χ2n) is 5.28. The van der Waals surface area contributed by atoms with E-state index in [0.29, 0.717) is 6.54 Å². The van der Waals surface area contributed by atoms with E-state index in [0.717, 1.165) is 17.8 Å². The van der Waals surface area contributed by atoms with Crippen molar-refractivity contribution in [2.24, 2.45) is 7.05 Å². The Bertz CT molecular complexity index is 370. The minimum absolute atomic E-state index is 0.134. The minimum Gasteiger partial charge on any atom is -0.338 e. The molecule has 2 N–H and O–H groups in total. The van der Waals surface area contributed by atoms with Crippen LogP contribution in [-0.4, -0.2) is 27.9 Å². The van der Waals surface area contributed by atoms with Crippen molar-refractivity contribution < 1.29 is 4.79 Å². The number of nitrogens with zero attached hydrogens (tertiary/aromatic N) is 2. The van der Waals surface area contributed by atoms with E-state index in [1.54, 1.807) is 0 Å². The highest BCUT2D eigenvalue weighted by Crippen LogP contribution is 2.01. The van der Waals surface area contributed by atoms with Gasteiger partial charge in [-0.3, -0.25) is 4.68 Å². The van der Waals surface area contributed by atoms with Crippen LogP contribution in [0.15, 0.2) is 6.07 Å². The molecule has 0 aliphatic heterocycles.